The van der Waals surface area contributed by atoms with Gasteiger partial charge in [-0.15, -0.1) is 0 Å². The third kappa shape index (κ3) is 2.31. The molecular formula is C15H16N4O3. The van der Waals surface area contributed by atoms with Crippen LogP contribution in [0, 0.1) is 5.21 Å². The number of fused-ring (bicyclic) bond motifs is 1. The van der Waals surface area contributed by atoms with Crippen LogP contribution in [0.25, 0.3) is 11.3 Å². The molecule has 1 unspecified atom stereocenters. The first kappa shape index (κ1) is 14.5. The number of nitrogens with one attached hydrogen (secondary N) is 1. The lowest BCUT2D eigenvalue weighted by Gasteiger charge is -2.19. The molecule has 1 aliphatic rings. The number of hydrogen-bond acceptors (Lipinski definition) is 4. The number of anilines is 1. The molecule has 1 aliphatic heterocycles. The molecule has 0 aliphatic carbocycles. The van der Waals surface area contributed by atoms with Crippen LogP contribution in [0.15, 0.2) is 36.5 Å². The topological polar surface area (TPSA) is 85.9 Å². The van der Waals surface area contributed by atoms with Crippen LogP contribution in [-0.2, 0) is 4.79 Å². The monoisotopic (exact) mass is 300 g/mol. The summed E-state index contributed by atoms with van der Waals surface area (Å²) in [4.78, 5) is 13.7. The fraction of sp³-hybridized carbons (Fsp3) is 0.200. The molecule has 0 saturated heterocycles. The van der Waals surface area contributed by atoms with Crippen LogP contribution in [0.4, 0.5) is 11.5 Å². The number of rotatable bonds is 2. The Labute approximate surface area is 127 Å². The van der Waals surface area contributed by atoms with Crippen molar-refractivity contribution in [3.05, 3.63) is 47.3 Å². The van der Waals surface area contributed by atoms with Gasteiger partial charge in [-0.25, -0.2) is 9.89 Å². The van der Waals surface area contributed by atoms with Gasteiger partial charge >= 0.3 is 0 Å². The molecule has 0 bridgehead atoms. The Morgan fingerprint density at radius 3 is 2.64 bits per heavy atom. The number of allylic oxidation sites excluding steroid dienone is 1. The molecule has 7 heteroatoms. The summed E-state index contributed by atoms with van der Waals surface area (Å²) in [5.41, 5.74) is 2.82. The van der Waals surface area contributed by atoms with Crippen molar-refractivity contribution in [1.29, 1.82) is 0 Å². The number of benzene rings is 1. The van der Waals surface area contributed by atoms with Gasteiger partial charge in [0.2, 0.25) is 5.91 Å². The molecule has 0 saturated carbocycles. The van der Waals surface area contributed by atoms with E-state index in [0.29, 0.717) is 17.9 Å². The van der Waals surface area contributed by atoms with Crippen molar-refractivity contribution in [2.45, 2.75) is 13.3 Å². The summed E-state index contributed by atoms with van der Waals surface area (Å²) in [5.74, 6) is 0.682. The molecule has 2 N–H and O–H groups in total. The molecule has 1 aromatic carbocycles. The Morgan fingerprint density at radius 1 is 1.32 bits per heavy atom. The molecule has 0 spiro atoms. The molecule has 0 radical (unpaired) electrons. The summed E-state index contributed by atoms with van der Waals surface area (Å²) in [7, 11) is 1.72. The van der Waals surface area contributed by atoms with Crippen LogP contribution in [0.3, 0.4) is 0 Å². The van der Waals surface area contributed by atoms with Gasteiger partial charge in [-0.2, -0.15) is 10.3 Å². The van der Waals surface area contributed by atoms with Crippen LogP contribution in [0.1, 0.15) is 18.9 Å². The minimum atomic E-state index is -0.975. The summed E-state index contributed by atoms with van der Waals surface area (Å²) in [5, 5.41) is 23.3. The standard InChI is InChI=1S/C15H16N4O3/c1-10-3-8-14(20)17(2)15-13(10)9-16-18(15)11-4-6-12(7-5-11)19(21)22/h3-7,9,19,21H,8H2,1-2H3. The van der Waals surface area contributed by atoms with E-state index in [-0.39, 0.29) is 11.6 Å². The van der Waals surface area contributed by atoms with E-state index in [1.165, 1.54) is 12.1 Å². The summed E-state index contributed by atoms with van der Waals surface area (Å²) >= 11 is 0. The average molecular weight is 300 g/mol. The number of nitrogens with zero attached hydrogens (tertiary/aromatic N) is 3. The molecule has 22 heavy (non-hydrogen) atoms. The number of quaternary nitrogens is 1. The Kier molecular flexibility index (Phi) is 3.53. The molecule has 7 nitrogen and oxygen atoms in total. The number of amides is 1. The second-order valence-corrected chi connectivity index (χ2v) is 5.19. The zero-order valence-corrected chi connectivity index (χ0v) is 12.3. The highest BCUT2D eigenvalue weighted by Crippen LogP contribution is 2.32. The van der Waals surface area contributed by atoms with Gasteiger partial charge in [-0.05, 0) is 24.6 Å². The van der Waals surface area contributed by atoms with Crippen LogP contribution in [0.5, 0.6) is 0 Å². The highest BCUT2D eigenvalue weighted by Gasteiger charge is 2.24. The Hall–Kier alpha value is -2.48. The second kappa shape index (κ2) is 5.38. The maximum Gasteiger partial charge on any atom is 0.231 e. The third-order valence-corrected chi connectivity index (χ3v) is 3.80. The van der Waals surface area contributed by atoms with E-state index in [1.54, 1.807) is 35.0 Å². The molecule has 1 amide bonds. The minimum absolute atomic E-state index is 0.0120. The fourth-order valence-corrected chi connectivity index (χ4v) is 2.48. The first-order chi connectivity index (χ1) is 10.5. The summed E-state index contributed by atoms with van der Waals surface area (Å²) in [6.45, 7) is 1.95. The van der Waals surface area contributed by atoms with Crippen molar-refractivity contribution < 1.29 is 15.2 Å². The number of carbonyl (C=O) groups excluding carboxylic acids is 1. The smallest absolute Gasteiger partial charge is 0.231 e. The number of carbonyl (C=O) groups is 1. The lowest BCUT2D eigenvalue weighted by molar-refractivity contribution is -0.991. The normalized spacial score (nSPS) is 16.1. The molecule has 3 rings (SSSR count). The fourth-order valence-electron chi connectivity index (χ4n) is 2.48. The molecule has 114 valence electrons. The van der Waals surface area contributed by atoms with Crippen molar-refractivity contribution in [1.82, 2.24) is 9.78 Å². The molecule has 1 aromatic heterocycles. The van der Waals surface area contributed by atoms with Crippen LogP contribution in [-0.4, -0.2) is 27.9 Å². The van der Waals surface area contributed by atoms with Crippen LogP contribution in [0.2, 0.25) is 0 Å². The van der Waals surface area contributed by atoms with Crippen molar-refractivity contribution in [3.63, 3.8) is 0 Å². The zero-order valence-electron chi connectivity index (χ0n) is 12.3. The van der Waals surface area contributed by atoms with Gasteiger partial charge in [-0.3, -0.25) is 9.69 Å². The van der Waals surface area contributed by atoms with Crippen molar-refractivity contribution in [2.24, 2.45) is 0 Å². The summed E-state index contributed by atoms with van der Waals surface area (Å²) in [6, 6.07) is 6.40. The SMILES string of the molecule is CC1=CCC(=O)N(C)c2c1cnn2-c1ccc([NH+]([O-])O)cc1. The lowest BCUT2D eigenvalue weighted by atomic mass is 10.1. The molecule has 2 heterocycles. The molecule has 1 atom stereocenters. The van der Waals surface area contributed by atoms with E-state index in [9.17, 15) is 10.0 Å². The maximum absolute atomic E-state index is 12.1. The highest BCUT2D eigenvalue weighted by molar-refractivity contribution is 5.98. The van der Waals surface area contributed by atoms with Crippen molar-refractivity contribution in [3.8, 4) is 5.69 Å². The molecular weight excluding hydrogens is 284 g/mol. The summed E-state index contributed by atoms with van der Waals surface area (Å²) in [6.07, 6.45) is 3.97. The average Bonchev–Trinajstić information content (AvgIpc) is 2.92. The third-order valence-electron chi connectivity index (χ3n) is 3.80. The van der Waals surface area contributed by atoms with E-state index in [2.05, 4.69) is 5.10 Å². The Bertz CT molecular complexity index is 747. The van der Waals surface area contributed by atoms with E-state index in [0.717, 1.165) is 11.1 Å². The zero-order chi connectivity index (χ0) is 15.9. The largest absolute Gasteiger partial charge is 0.595 e. The van der Waals surface area contributed by atoms with Gasteiger partial charge in [0.05, 0.1) is 11.9 Å². The maximum atomic E-state index is 12.1. The van der Waals surface area contributed by atoms with Gasteiger partial charge < -0.3 is 5.21 Å². The second-order valence-electron chi connectivity index (χ2n) is 5.19. The van der Waals surface area contributed by atoms with Gasteiger partial charge in [0.1, 0.15) is 5.82 Å². The van der Waals surface area contributed by atoms with Gasteiger partial charge in [-0.1, -0.05) is 6.08 Å². The first-order valence-corrected chi connectivity index (χ1v) is 6.84. The minimum Gasteiger partial charge on any atom is -0.595 e. The van der Waals surface area contributed by atoms with E-state index < -0.39 is 5.23 Å². The van der Waals surface area contributed by atoms with Crippen LogP contribution >= 0.6 is 0 Å². The van der Waals surface area contributed by atoms with Crippen LogP contribution < -0.4 is 10.1 Å². The van der Waals surface area contributed by atoms with E-state index >= 15 is 0 Å². The van der Waals surface area contributed by atoms with Crippen molar-refractivity contribution in [2.75, 3.05) is 11.9 Å². The first-order valence-electron chi connectivity index (χ1n) is 6.84. The van der Waals surface area contributed by atoms with Gasteiger partial charge in [0, 0.05) is 31.2 Å². The van der Waals surface area contributed by atoms with Gasteiger partial charge in [0.25, 0.3) is 0 Å². The molecule has 0 fully saturated rings. The van der Waals surface area contributed by atoms with E-state index in [1.807, 2.05) is 13.0 Å². The van der Waals surface area contributed by atoms with E-state index in [4.69, 9.17) is 5.21 Å². The van der Waals surface area contributed by atoms with Crippen molar-refractivity contribution >= 4 is 23.0 Å². The predicted octanol–water partition coefficient (Wildman–Crippen LogP) is 1.05. The number of aromatic nitrogens is 2. The predicted molar refractivity (Wildman–Crippen MR) is 81.0 cm³/mol. The molecule has 2 aromatic rings. The Morgan fingerprint density at radius 2 is 2.00 bits per heavy atom. The summed E-state index contributed by atoms with van der Waals surface area (Å²) < 4.78 is 1.65. The number of hydrogen-bond donors (Lipinski definition) is 2. The Balaban J connectivity index is 2.10. The van der Waals surface area contributed by atoms with Gasteiger partial charge in [0.15, 0.2) is 5.69 Å². The lowest BCUT2D eigenvalue weighted by Crippen LogP contribution is -2.99. The quantitative estimate of drug-likeness (QED) is 0.812. The highest BCUT2D eigenvalue weighted by atomic mass is 16.8.